The average molecular weight is 444 g/mol. The Bertz CT molecular complexity index is 1440. The van der Waals surface area contributed by atoms with Crippen molar-refractivity contribution in [2.75, 3.05) is 12.8 Å². The van der Waals surface area contributed by atoms with Crippen LogP contribution in [0.1, 0.15) is 16.8 Å². The Morgan fingerprint density at radius 2 is 1.88 bits per heavy atom. The molecule has 4 N–H and O–H groups in total. The van der Waals surface area contributed by atoms with Crippen LogP contribution in [0.15, 0.2) is 54.9 Å². The molecule has 0 aliphatic heterocycles. The first-order valence-corrected chi connectivity index (χ1v) is 10.3. The summed E-state index contributed by atoms with van der Waals surface area (Å²) in [5.41, 5.74) is 9.72. The molecule has 3 aromatic heterocycles. The van der Waals surface area contributed by atoms with E-state index in [1.54, 1.807) is 25.6 Å². The van der Waals surface area contributed by atoms with Gasteiger partial charge in [-0.2, -0.15) is 5.10 Å². The summed E-state index contributed by atoms with van der Waals surface area (Å²) >= 11 is 0. The Labute approximate surface area is 188 Å². The second-order valence-electron chi connectivity index (χ2n) is 7.64. The molecule has 0 aliphatic rings. The van der Waals surface area contributed by atoms with Gasteiger partial charge in [-0.05, 0) is 36.8 Å². The van der Waals surface area contributed by atoms with Gasteiger partial charge in [0.1, 0.15) is 17.2 Å². The van der Waals surface area contributed by atoms with Gasteiger partial charge in [0.15, 0.2) is 23.0 Å². The van der Waals surface area contributed by atoms with Gasteiger partial charge >= 0.3 is 0 Å². The highest BCUT2D eigenvalue weighted by atomic mass is 19.1. The van der Waals surface area contributed by atoms with Crippen LogP contribution in [0.25, 0.3) is 22.6 Å². The molecule has 0 atom stereocenters. The van der Waals surface area contributed by atoms with Crippen molar-refractivity contribution in [3.05, 3.63) is 77.5 Å². The van der Waals surface area contributed by atoms with E-state index < -0.39 is 5.82 Å². The first-order chi connectivity index (χ1) is 16.0. The third-order valence-corrected chi connectivity index (χ3v) is 5.27. The minimum Gasteiger partial charge on any atom is -0.497 e. The molecular formula is C24H21FN6O2. The van der Waals surface area contributed by atoms with Gasteiger partial charge in [-0.25, -0.2) is 14.4 Å². The van der Waals surface area contributed by atoms with Gasteiger partial charge in [0.2, 0.25) is 0 Å². The minimum atomic E-state index is -0.561. The van der Waals surface area contributed by atoms with Crippen molar-refractivity contribution in [1.29, 1.82) is 0 Å². The predicted molar refractivity (Wildman–Crippen MR) is 123 cm³/mol. The molecule has 0 unspecified atom stereocenters. The maximum Gasteiger partial charge on any atom is 0.185 e. The molecule has 3 heterocycles. The fourth-order valence-electron chi connectivity index (χ4n) is 3.63. The van der Waals surface area contributed by atoms with Crippen molar-refractivity contribution < 1.29 is 13.9 Å². The van der Waals surface area contributed by atoms with Gasteiger partial charge in [-0.3, -0.25) is 5.10 Å². The molecule has 0 saturated heterocycles. The standard InChI is InChI=1S/C24H21FN6O2/c1-13-11-27-24(29-13)21-20-22(33-19-8-5-16(26)10-18(19)25)15(12-28-23(20)31-30-21)9-14-3-6-17(32-2)7-4-14/h3-8,10-12H,9,26H2,1-2H3,(H,27,29)(H,28,30,31). The molecule has 0 saturated carbocycles. The fraction of sp³-hybridized carbons (Fsp3) is 0.125. The topological polar surface area (TPSA) is 115 Å². The summed E-state index contributed by atoms with van der Waals surface area (Å²) in [7, 11) is 1.62. The summed E-state index contributed by atoms with van der Waals surface area (Å²) in [4.78, 5) is 12.1. The van der Waals surface area contributed by atoms with E-state index in [2.05, 4.69) is 25.1 Å². The molecule has 5 aromatic rings. The third kappa shape index (κ3) is 3.96. The number of nitrogens with zero attached hydrogens (tertiary/aromatic N) is 3. The molecule has 5 rings (SSSR count). The highest BCUT2D eigenvalue weighted by Gasteiger charge is 2.21. The highest BCUT2D eigenvalue weighted by Crippen LogP contribution is 2.39. The van der Waals surface area contributed by atoms with Gasteiger partial charge in [0, 0.05) is 41.8 Å². The first-order valence-electron chi connectivity index (χ1n) is 10.3. The molecule has 33 heavy (non-hydrogen) atoms. The number of nitrogen functional groups attached to an aromatic ring is 1. The zero-order chi connectivity index (χ0) is 22.9. The Morgan fingerprint density at radius 1 is 1.06 bits per heavy atom. The number of imidazole rings is 1. The molecule has 2 aromatic carbocycles. The number of rotatable bonds is 6. The van der Waals surface area contributed by atoms with Crippen molar-refractivity contribution in [1.82, 2.24) is 25.1 Å². The second kappa shape index (κ2) is 8.27. The Morgan fingerprint density at radius 3 is 2.58 bits per heavy atom. The van der Waals surface area contributed by atoms with E-state index in [-0.39, 0.29) is 5.75 Å². The number of ether oxygens (including phenoxy) is 2. The van der Waals surface area contributed by atoms with Crippen LogP contribution in [0.4, 0.5) is 10.1 Å². The summed E-state index contributed by atoms with van der Waals surface area (Å²) in [5.74, 6) is 1.28. The van der Waals surface area contributed by atoms with Crippen LogP contribution in [0, 0.1) is 12.7 Å². The number of methoxy groups -OCH3 is 1. The van der Waals surface area contributed by atoms with Crippen LogP contribution in [-0.2, 0) is 6.42 Å². The van der Waals surface area contributed by atoms with Crippen molar-refractivity contribution in [2.45, 2.75) is 13.3 Å². The van der Waals surface area contributed by atoms with Crippen LogP contribution in [-0.4, -0.2) is 32.3 Å². The van der Waals surface area contributed by atoms with E-state index in [0.29, 0.717) is 40.4 Å². The molecule has 0 spiro atoms. The number of benzene rings is 2. The first kappa shape index (κ1) is 20.5. The van der Waals surface area contributed by atoms with Crippen molar-refractivity contribution in [2.24, 2.45) is 0 Å². The number of hydrogen-bond acceptors (Lipinski definition) is 6. The normalized spacial score (nSPS) is 11.1. The Balaban J connectivity index is 1.67. The molecular weight excluding hydrogens is 423 g/mol. The summed E-state index contributed by atoms with van der Waals surface area (Å²) in [6.07, 6.45) is 3.91. The summed E-state index contributed by atoms with van der Waals surface area (Å²) < 4.78 is 26.1. The SMILES string of the molecule is COc1ccc(Cc2cnc3n[nH]c(-c4ncc(C)[nH]4)c3c2Oc2ccc(N)cc2F)cc1. The number of hydrogen-bond donors (Lipinski definition) is 3. The van der Waals surface area contributed by atoms with Crippen LogP contribution >= 0.6 is 0 Å². The second-order valence-corrected chi connectivity index (χ2v) is 7.64. The largest absolute Gasteiger partial charge is 0.497 e. The van der Waals surface area contributed by atoms with Gasteiger partial charge in [-0.1, -0.05) is 12.1 Å². The zero-order valence-corrected chi connectivity index (χ0v) is 18.0. The molecule has 0 fully saturated rings. The van der Waals surface area contributed by atoms with Crippen molar-refractivity contribution >= 4 is 16.7 Å². The number of pyridine rings is 1. The van der Waals surface area contributed by atoms with Crippen LogP contribution in [0.5, 0.6) is 17.2 Å². The molecule has 8 nitrogen and oxygen atoms in total. The Hall–Kier alpha value is -4.40. The molecule has 0 radical (unpaired) electrons. The number of aromatic nitrogens is 5. The third-order valence-electron chi connectivity index (χ3n) is 5.27. The Kier molecular flexibility index (Phi) is 5.14. The number of nitrogens with one attached hydrogen (secondary N) is 2. The number of halogens is 1. The predicted octanol–water partition coefficient (Wildman–Crippen LogP) is 4.77. The number of nitrogens with two attached hydrogens (primary N) is 1. The molecule has 0 bridgehead atoms. The number of H-pyrrole nitrogens is 2. The van der Waals surface area contributed by atoms with Gasteiger partial charge in [0.25, 0.3) is 0 Å². The van der Waals surface area contributed by atoms with Crippen LogP contribution < -0.4 is 15.2 Å². The highest BCUT2D eigenvalue weighted by molar-refractivity contribution is 5.95. The quantitative estimate of drug-likeness (QED) is 0.325. The van der Waals surface area contributed by atoms with Crippen molar-refractivity contribution in [3.8, 4) is 28.8 Å². The summed E-state index contributed by atoms with van der Waals surface area (Å²) in [6.45, 7) is 1.91. The number of aryl methyl sites for hydroxylation is 1. The average Bonchev–Trinajstić information content (AvgIpc) is 3.43. The lowest BCUT2D eigenvalue weighted by molar-refractivity contribution is 0.414. The molecule has 0 aliphatic carbocycles. The van der Waals surface area contributed by atoms with Crippen LogP contribution in [0.3, 0.4) is 0 Å². The van der Waals surface area contributed by atoms with Crippen LogP contribution in [0.2, 0.25) is 0 Å². The molecule has 166 valence electrons. The lowest BCUT2D eigenvalue weighted by Gasteiger charge is -2.14. The van der Waals surface area contributed by atoms with E-state index in [4.69, 9.17) is 15.2 Å². The van der Waals surface area contributed by atoms with E-state index in [9.17, 15) is 4.39 Å². The smallest absolute Gasteiger partial charge is 0.185 e. The summed E-state index contributed by atoms with van der Waals surface area (Å²) in [6, 6.07) is 12.0. The van der Waals surface area contributed by atoms with E-state index in [0.717, 1.165) is 22.6 Å². The number of aromatic amines is 2. The zero-order valence-electron chi connectivity index (χ0n) is 18.0. The number of fused-ring (bicyclic) bond motifs is 1. The van der Waals surface area contributed by atoms with E-state index >= 15 is 0 Å². The van der Waals surface area contributed by atoms with Gasteiger partial charge < -0.3 is 20.2 Å². The van der Waals surface area contributed by atoms with Gasteiger partial charge in [-0.15, -0.1) is 0 Å². The lowest BCUT2D eigenvalue weighted by atomic mass is 10.0. The maximum atomic E-state index is 14.7. The maximum absolute atomic E-state index is 14.7. The minimum absolute atomic E-state index is 0.0513. The van der Waals surface area contributed by atoms with Gasteiger partial charge in [0.05, 0.1) is 12.5 Å². The van der Waals surface area contributed by atoms with E-state index in [1.807, 2.05) is 31.2 Å². The summed E-state index contributed by atoms with van der Waals surface area (Å²) in [5, 5.41) is 7.89. The number of anilines is 1. The molecule has 0 amide bonds. The fourth-order valence-corrected chi connectivity index (χ4v) is 3.63. The monoisotopic (exact) mass is 444 g/mol. The van der Waals surface area contributed by atoms with Crippen molar-refractivity contribution in [3.63, 3.8) is 0 Å². The lowest BCUT2D eigenvalue weighted by Crippen LogP contribution is -1.99. The van der Waals surface area contributed by atoms with E-state index in [1.165, 1.54) is 12.1 Å². The molecule has 9 heteroatoms.